The van der Waals surface area contributed by atoms with Gasteiger partial charge >= 0.3 is 0 Å². The maximum Gasteiger partial charge on any atom is 0.247 e. The fourth-order valence-electron chi connectivity index (χ4n) is 3.06. The second-order valence-corrected chi connectivity index (χ2v) is 6.24. The van der Waals surface area contributed by atoms with Crippen LogP contribution in [0.1, 0.15) is 18.4 Å². The third kappa shape index (κ3) is 3.30. The van der Waals surface area contributed by atoms with Crippen LogP contribution in [0.4, 0.5) is 21.8 Å². The number of hydrogen-bond donors (Lipinski definition) is 3. The fourth-order valence-corrected chi connectivity index (χ4v) is 3.06. The van der Waals surface area contributed by atoms with E-state index < -0.39 is 5.82 Å². The van der Waals surface area contributed by atoms with Crippen molar-refractivity contribution in [3.8, 4) is 6.07 Å². The summed E-state index contributed by atoms with van der Waals surface area (Å²) < 4.78 is 15.5. The normalized spacial score (nSPS) is 17.0. The Labute approximate surface area is 149 Å². The first kappa shape index (κ1) is 16.3. The number of nitrogens with zero attached hydrogens (tertiary/aromatic N) is 4. The highest BCUT2D eigenvalue weighted by molar-refractivity contribution is 5.59. The van der Waals surface area contributed by atoms with Crippen molar-refractivity contribution in [1.82, 2.24) is 19.9 Å². The summed E-state index contributed by atoms with van der Waals surface area (Å²) in [6, 6.07) is 12.2. The van der Waals surface area contributed by atoms with Crippen LogP contribution in [-0.2, 0) is 0 Å². The number of benzene rings is 1. The molecule has 7 nitrogen and oxygen atoms in total. The maximum atomic E-state index is 13.8. The van der Waals surface area contributed by atoms with Gasteiger partial charge in [-0.25, -0.2) is 4.39 Å². The quantitative estimate of drug-likeness (QED) is 0.669. The summed E-state index contributed by atoms with van der Waals surface area (Å²) >= 11 is 0. The molecule has 26 heavy (non-hydrogen) atoms. The SMILES string of the molecule is N#Cc1ccc(Nc2nc3cccc(N[C@H]4CCCNC4)n3n2)cc1F. The van der Waals surface area contributed by atoms with Gasteiger partial charge in [-0.3, -0.25) is 0 Å². The van der Waals surface area contributed by atoms with Crippen LogP contribution in [0.15, 0.2) is 36.4 Å². The zero-order valence-electron chi connectivity index (χ0n) is 14.0. The van der Waals surface area contributed by atoms with E-state index in [9.17, 15) is 4.39 Å². The van der Waals surface area contributed by atoms with Crippen LogP contribution in [0.25, 0.3) is 5.65 Å². The van der Waals surface area contributed by atoms with Crippen molar-refractivity contribution in [2.75, 3.05) is 23.7 Å². The first-order valence-electron chi connectivity index (χ1n) is 8.52. The third-order valence-corrected chi connectivity index (χ3v) is 4.35. The Morgan fingerprint density at radius 2 is 2.23 bits per heavy atom. The van der Waals surface area contributed by atoms with E-state index in [1.807, 2.05) is 18.2 Å². The van der Waals surface area contributed by atoms with Gasteiger partial charge in [-0.05, 0) is 49.7 Å². The number of halogens is 1. The summed E-state index contributed by atoms with van der Waals surface area (Å²) in [5.74, 6) is 0.654. The monoisotopic (exact) mass is 351 g/mol. The van der Waals surface area contributed by atoms with Gasteiger partial charge in [0.15, 0.2) is 5.65 Å². The minimum absolute atomic E-state index is 0.00564. The number of nitrogens with one attached hydrogen (secondary N) is 3. The molecule has 1 atom stereocenters. The minimum Gasteiger partial charge on any atom is -0.366 e. The Kier molecular flexibility index (Phi) is 4.37. The number of anilines is 3. The van der Waals surface area contributed by atoms with Crippen molar-refractivity contribution in [1.29, 1.82) is 5.26 Å². The average molecular weight is 351 g/mol. The van der Waals surface area contributed by atoms with Gasteiger partial charge < -0.3 is 16.0 Å². The topological polar surface area (TPSA) is 90.1 Å². The van der Waals surface area contributed by atoms with E-state index in [1.54, 1.807) is 16.7 Å². The number of rotatable bonds is 4. The largest absolute Gasteiger partial charge is 0.366 e. The van der Waals surface area contributed by atoms with Crippen molar-refractivity contribution in [3.05, 3.63) is 47.8 Å². The van der Waals surface area contributed by atoms with Crippen molar-refractivity contribution in [3.63, 3.8) is 0 Å². The van der Waals surface area contributed by atoms with Crippen molar-refractivity contribution in [2.45, 2.75) is 18.9 Å². The second-order valence-electron chi connectivity index (χ2n) is 6.24. The van der Waals surface area contributed by atoms with Gasteiger partial charge in [0, 0.05) is 18.3 Å². The smallest absolute Gasteiger partial charge is 0.247 e. The molecule has 0 amide bonds. The molecule has 0 bridgehead atoms. The molecule has 1 aliphatic heterocycles. The number of hydrogen-bond acceptors (Lipinski definition) is 6. The summed E-state index contributed by atoms with van der Waals surface area (Å²) in [5, 5.41) is 23.1. The molecule has 1 aliphatic rings. The molecule has 4 rings (SSSR count). The van der Waals surface area contributed by atoms with Gasteiger partial charge in [0.1, 0.15) is 17.7 Å². The first-order chi connectivity index (χ1) is 12.7. The van der Waals surface area contributed by atoms with Crippen molar-refractivity contribution >= 4 is 23.1 Å². The molecular weight excluding hydrogens is 333 g/mol. The van der Waals surface area contributed by atoms with E-state index in [2.05, 4.69) is 26.0 Å². The van der Waals surface area contributed by atoms with Gasteiger partial charge in [0.05, 0.1) is 5.56 Å². The van der Waals surface area contributed by atoms with Gasteiger partial charge in [-0.1, -0.05) is 6.07 Å². The van der Waals surface area contributed by atoms with Crippen molar-refractivity contribution < 1.29 is 4.39 Å². The van der Waals surface area contributed by atoms with E-state index in [-0.39, 0.29) is 5.56 Å². The standard InChI is InChI=1S/C18H18FN7/c19-15-9-13(7-6-12(15)10-20)23-18-24-17-5-1-4-16(26(17)25-18)22-14-3-2-8-21-11-14/h1,4-7,9,14,21-22H,2-3,8,11H2,(H,23,25)/t14-/m0/s1. The lowest BCUT2D eigenvalue weighted by Gasteiger charge is -2.24. The van der Waals surface area contributed by atoms with E-state index >= 15 is 0 Å². The Morgan fingerprint density at radius 3 is 3.00 bits per heavy atom. The number of nitriles is 1. The second kappa shape index (κ2) is 6.98. The Balaban J connectivity index is 1.58. The predicted octanol–water partition coefficient (Wildman–Crippen LogP) is 2.65. The summed E-state index contributed by atoms with van der Waals surface area (Å²) in [4.78, 5) is 4.43. The lowest BCUT2D eigenvalue weighted by molar-refractivity contribution is 0.478. The summed E-state index contributed by atoms with van der Waals surface area (Å²) in [5.41, 5.74) is 1.19. The molecule has 132 valence electrons. The molecule has 0 radical (unpaired) electrons. The summed E-state index contributed by atoms with van der Waals surface area (Å²) in [6.07, 6.45) is 2.25. The van der Waals surface area contributed by atoms with Crippen molar-refractivity contribution in [2.24, 2.45) is 0 Å². The predicted molar refractivity (Wildman–Crippen MR) is 96.9 cm³/mol. The molecule has 3 heterocycles. The molecule has 3 N–H and O–H groups in total. The van der Waals surface area contributed by atoms with E-state index in [4.69, 9.17) is 5.26 Å². The fraction of sp³-hybridized carbons (Fsp3) is 0.278. The Bertz CT molecular complexity index is 969. The lowest BCUT2D eigenvalue weighted by atomic mass is 10.1. The molecule has 0 saturated carbocycles. The Morgan fingerprint density at radius 1 is 1.31 bits per heavy atom. The number of aromatic nitrogens is 3. The minimum atomic E-state index is -0.576. The maximum absolute atomic E-state index is 13.8. The van der Waals surface area contributed by atoms with Gasteiger partial charge in [0.25, 0.3) is 0 Å². The number of pyridine rings is 1. The molecule has 2 aromatic heterocycles. The van der Waals surface area contributed by atoms with E-state index in [0.717, 1.165) is 31.7 Å². The lowest BCUT2D eigenvalue weighted by Crippen LogP contribution is -2.38. The van der Waals surface area contributed by atoms with Crippen LogP contribution < -0.4 is 16.0 Å². The zero-order valence-corrected chi connectivity index (χ0v) is 14.0. The van der Waals surface area contributed by atoms with E-state index in [0.29, 0.717) is 23.3 Å². The molecule has 0 aliphatic carbocycles. The molecule has 0 unspecified atom stereocenters. The number of piperidine rings is 1. The first-order valence-corrected chi connectivity index (χ1v) is 8.52. The molecule has 8 heteroatoms. The Hall–Kier alpha value is -3.18. The van der Waals surface area contributed by atoms with Gasteiger partial charge in [-0.2, -0.15) is 14.8 Å². The molecule has 3 aromatic rings. The third-order valence-electron chi connectivity index (χ3n) is 4.35. The zero-order chi connectivity index (χ0) is 17.9. The van der Waals surface area contributed by atoms with Crippen LogP contribution in [0.3, 0.4) is 0 Å². The number of fused-ring (bicyclic) bond motifs is 1. The molecule has 1 fully saturated rings. The molecule has 1 saturated heterocycles. The summed E-state index contributed by atoms with van der Waals surface area (Å²) in [7, 11) is 0. The molecular formula is C18H18FN7. The van der Waals surface area contributed by atoms with Crippen LogP contribution in [0.5, 0.6) is 0 Å². The van der Waals surface area contributed by atoms with Crippen LogP contribution in [-0.4, -0.2) is 33.7 Å². The highest BCUT2D eigenvalue weighted by atomic mass is 19.1. The van der Waals surface area contributed by atoms with E-state index in [1.165, 1.54) is 12.1 Å². The molecule has 0 spiro atoms. The van der Waals surface area contributed by atoms with Gasteiger partial charge in [0.2, 0.25) is 5.95 Å². The van der Waals surface area contributed by atoms with Crippen LogP contribution in [0, 0.1) is 17.1 Å². The van der Waals surface area contributed by atoms with Crippen LogP contribution >= 0.6 is 0 Å². The summed E-state index contributed by atoms with van der Waals surface area (Å²) in [6.45, 7) is 1.97. The average Bonchev–Trinajstić information content (AvgIpc) is 3.06. The van der Waals surface area contributed by atoms with Crippen LogP contribution in [0.2, 0.25) is 0 Å². The highest BCUT2D eigenvalue weighted by Gasteiger charge is 2.15. The highest BCUT2D eigenvalue weighted by Crippen LogP contribution is 2.20. The van der Waals surface area contributed by atoms with Gasteiger partial charge in [-0.15, -0.1) is 5.10 Å². The molecule has 1 aromatic carbocycles.